The lowest BCUT2D eigenvalue weighted by Crippen LogP contribution is -2.03. The van der Waals surface area contributed by atoms with Gasteiger partial charge in [0.25, 0.3) is 0 Å². The highest BCUT2D eigenvalue weighted by Crippen LogP contribution is 2.45. The molecule has 50 valence electrons. The molecule has 2 aliphatic rings. The predicted molar refractivity (Wildman–Crippen MR) is 39.1 cm³/mol. The molecular weight excluding hydrogens is 108 g/mol. The molecule has 0 aromatic carbocycles. The van der Waals surface area contributed by atoms with Crippen LogP contribution in [0.15, 0.2) is 12.2 Å². The van der Waals surface area contributed by atoms with Crippen molar-refractivity contribution < 1.29 is 0 Å². The summed E-state index contributed by atoms with van der Waals surface area (Å²) in [6, 6.07) is 0. The fraction of sp³-hybridized carbons (Fsp3) is 0.778. The minimum Gasteiger partial charge on any atom is -0.0848 e. The predicted octanol–water partition coefficient (Wildman–Crippen LogP) is 2.61. The fourth-order valence-electron chi connectivity index (χ4n) is 2.50. The molecule has 2 rings (SSSR count). The normalized spacial score (nSPS) is 46.6. The van der Waals surface area contributed by atoms with Crippen LogP contribution >= 0.6 is 0 Å². The van der Waals surface area contributed by atoms with Crippen molar-refractivity contribution in [1.82, 2.24) is 0 Å². The monoisotopic (exact) mass is 122 g/mol. The molecule has 0 amide bonds. The molecule has 2 aliphatic carbocycles. The molecule has 0 nitrogen and oxygen atoms in total. The quantitative estimate of drug-likeness (QED) is 0.469. The number of allylic oxidation sites excluding steroid dienone is 2. The van der Waals surface area contributed by atoms with Crippen molar-refractivity contribution in [3.05, 3.63) is 12.2 Å². The highest BCUT2D eigenvalue weighted by atomic mass is 14.4. The van der Waals surface area contributed by atoms with Gasteiger partial charge in [-0.05, 0) is 30.6 Å². The van der Waals surface area contributed by atoms with Gasteiger partial charge >= 0.3 is 0 Å². The van der Waals surface area contributed by atoms with Crippen LogP contribution in [0.2, 0.25) is 0 Å². The molecule has 2 bridgehead atoms. The van der Waals surface area contributed by atoms with Gasteiger partial charge in [-0.3, -0.25) is 0 Å². The third-order valence-corrected chi connectivity index (χ3v) is 3.01. The summed E-state index contributed by atoms with van der Waals surface area (Å²) in [4.78, 5) is 0. The van der Waals surface area contributed by atoms with Crippen molar-refractivity contribution in [3.63, 3.8) is 0 Å². The fourth-order valence-corrected chi connectivity index (χ4v) is 2.50. The molecule has 0 heterocycles. The molecule has 1 saturated carbocycles. The van der Waals surface area contributed by atoms with Gasteiger partial charge in [0.2, 0.25) is 0 Å². The van der Waals surface area contributed by atoms with Gasteiger partial charge in [-0.25, -0.2) is 0 Å². The Bertz CT molecular complexity index is 121. The molecule has 2 unspecified atom stereocenters. The molecule has 9 heavy (non-hydrogen) atoms. The largest absolute Gasteiger partial charge is 0.0848 e. The van der Waals surface area contributed by atoms with Crippen LogP contribution < -0.4 is 0 Å². The van der Waals surface area contributed by atoms with Gasteiger partial charge in [-0.15, -0.1) is 0 Å². The van der Waals surface area contributed by atoms with Crippen LogP contribution in [-0.2, 0) is 0 Å². The van der Waals surface area contributed by atoms with Gasteiger partial charge in [0.1, 0.15) is 0 Å². The first-order valence-corrected chi connectivity index (χ1v) is 4.10. The van der Waals surface area contributed by atoms with E-state index in [0.29, 0.717) is 0 Å². The van der Waals surface area contributed by atoms with Crippen molar-refractivity contribution >= 4 is 0 Å². The molecule has 0 saturated heterocycles. The average Bonchev–Trinajstić information content (AvgIpc) is 2.44. The van der Waals surface area contributed by atoms with E-state index in [2.05, 4.69) is 19.1 Å². The summed E-state index contributed by atoms with van der Waals surface area (Å²) in [6.07, 6.45) is 9.20. The Morgan fingerprint density at radius 3 is 2.00 bits per heavy atom. The molecule has 1 fully saturated rings. The van der Waals surface area contributed by atoms with E-state index in [-0.39, 0.29) is 0 Å². The number of rotatable bonds is 1. The first-order valence-electron chi connectivity index (χ1n) is 4.10. The molecule has 0 N–H and O–H groups in total. The van der Waals surface area contributed by atoms with E-state index in [9.17, 15) is 0 Å². The zero-order chi connectivity index (χ0) is 6.27. The molecule has 0 spiro atoms. The van der Waals surface area contributed by atoms with E-state index < -0.39 is 0 Å². The van der Waals surface area contributed by atoms with Crippen molar-refractivity contribution in [3.8, 4) is 0 Å². The summed E-state index contributed by atoms with van der Waals surface area (Å²) >= 11 is 0. The van der Waals surface area contributed by atoms with Crippen LogP contribution in [0, 0.1) is 17.8 Å². The summed E-state index contributed by atoms with van der Waals surface area (Å²) in [7, 11) is 0. The first-order chi connectivity index (χ1) is 4.42. The van der Waals surface area contributed by atoms with Gasteiger partial charge < -0.3 is 0 Å². The van der Waals surface area contributed by atoms with Gasteiger partial charge in [0.05, 0.1) is 0 Å². The third kappa shape index (κ3) is 0.654. The lowest BCUT2D eigenvalue weighted by Gasteiger charge is -2.10. The maximum Gasteiger partial charge on any atom is -0.0199 e. The van der Waals surface area contributed by atoms with Crippen molar-refractivity contribution in [2.45, 2.75) is 26.2 Å². The lowest BCUT2D eigenvalue weighted by atomic mass is 9.94. The van der Waals surface area contributed by atoms with Crippen LogP contribution in [-0.4, -0.2) is 0 Å². The van der Waals surface area contributed by atoms with Crippen molar-refractivity contribution in [2.75, 3.05) is 0 Å². The smallest absolute Gasteiger partial charge is 0.0199 e. The second-order valence-electron chi connectivity index (χ2n) is 3.36. The average molecular weight is 122 g/mol. The molecule has 0 aromatic rings. The SMILES string of the molecule is CCC1C2C=CC1CC2. The summed E-state index contributed by atoms with van der Waals surface area (Å²) < 4.78 is 0. The van der Waals surface area contributed by atoms with Crippen LogP contribution in [0.25, 0.3) is 0 Å². The molecule has 0 aliphatic heterocycles. The van der Waals surface area contributed by atoms with Crippen molar-refractivity contribution in [1.29, 1.82) is 0 Å². The van der Waals surface area contributed by atoms with Gasteiger partial charge in [0.15, 0.2) is 0 Å². The number of hydrogen-bond acceptors (Lipinski definition) is 0. The Kier molecular flexibility index (Phi) is 1.14. The second kappa shape index (κ2) is 1.86. The minimum absolute atomic E-state index is 0.972. The zero-order valence-electron chi connectivity index (χ0n) is 6.01. The Morgan fingerprint density at radius 2 is 1.78 bits per heavy atom. The Balaban J connectivity index is 2.15. The topological polar surface area (TPSA) is 0 Å². The van der Waals surface area contributed by atoms with Crippen LogP contribution in [0.3, 0.4) is 0 Å². The van der Waals surface area contributed by atoms with Gasteiger partial charge in [-0.1, -0.05) is 25.5 Å². The summed E-state index contributed by atoms with van der Waals surface area (Å²) in [5.41, 5.74) is 0. The number of hydrogen-bond donors (Lipinski definition) is 0. The molecule has 2 atom stereocenters. The van der Waals surface area contributed by atoms with E-state index in [1.165, 1.54) is 19.3 Å². The van der Waals surface area contributed by atoms with E-state index in [0.717, 1.165) is 17.8 Å². The Labute approximate surface area is 57.0 Å². The molecule has 0 aromatic heterocycles. The van der Waals surface area contributed by atoms with E-state index in [1.807, 2.05) is 0 Å². The zero-order valence-corrected chi connectivity index (χ0v) is 6.01. The summed E-state index contributed by atoms with van der Waals surface area (Å²) in [5, 5.41) is 0. The number of fused-ring (bicyclic) bond motifs is 2. The second-order valence-corrected chi connectivity index (χ2v) is 3.36. The third-order valence-electron chi connectivity index (χ3n) is 3.01. The summed E-state index contributed by atoms with van der Waals surface area (Å²) in [5.74, 6) is 2.98. The van der Waals surface area contributed by atoms with Crippen LogP contribution in [0.1, 0.15) is 26.2 Å². The van der Waals surface area contributed by atoms with E-state index >= 15 is 0 Å². The maximum absolute atomic E-state index is 2.43. The summed E-state index contributed by atoms with van der Waals surface area (Å²) in [6.45, 7) is 2.32. The minimum atomic E-state index is 0.972. The molecular formula is C9H14. The van der Waals surface area contributed by atoms with Gasteiger partial charge in [-0.2, -0.15) is 0 Å². The molecule has 0 radical (unpaired) electrons. The standard InChI is InChI=1S/C9H14/c1-2-9-7-3-4-8(9)6-5-7/h3-4,7-9H,2,5-6H2,1H3. The maximum atomic E-state index is 2.43. The van der Waals surface area contributed by atoms with E-state index in [1.54, 1.807) is 0 Å². The van der Waals surface area contributed by atoms with Crippen LogP contribution in [0.5, 0.6) is 0 Å². The highest BCUT2D eigenvalue weighted by molar-refractivity contribution is 5.10. The molecule has 0 heteroatoms. The van der Waals surface area contributed by atoms with Crippen LogP contribution in [0.4, 0.5) is 0 Å². The first kappa shape index (κ1) is 5.52. The van der Waals surface area contributed by atoms with Crippen molar-refractivity contribution in [2.24, 2.45) is 17.8 Å². The van der Waals surface area contributed by atoms with Gasteiger partial charge in [0, 0.05) is 0 Å². The lowest BCUT2D eigenvalue weighted by molar-refractivity contribution is 0.416. The van der Waals surface area contributed by atoms with E-state index in [4.69, 9.17) is 0 Å². The Hall–Kier alpha value is -0.260. The Morgan fingerprint density at radius 1 is 1.22 bits per heavy atom. The highest BCUT2D eigenvalue weighted by Gasteiger charge is 2.35.